The van der Waals surface area contributed by atoms with Crippen molar-refractivity contribution in [3.8, 4) is 0 Å². The maximum atomic E-state index is 12.2. The molecule has 2 rings (SSSR count). The summed E-state index contributed by atoms with van der Waals surface area (Å²) in [5, 5.41) is 2.69. The van der Waals surface area contributed by atoms with E-state index in [0.29, 0.717) is 5.65 Å². The van der Waals surface area contributed by atoms with Crippen molar-refractivity contribution in [3.05, 3.63) is 46.0 Å². The summed E-state index contributed by atoms with van der Waals surface area (Å²) >= 11 is 0. The highest BCUT2D eigenvalue weighted by Gasteiger charge is 2.13. The summed E-state index contributed by atoms with van der Waals surface area (Å²) in [5.41, 5.74) is 1.19. The second kappa shape index (κ2) is 4.60. The fourth-order valence-corrected chi connectivity index (χ4v) is 1.68. The molecule has 18 heavy (non-hydrogen) atoms. The van der Waals surface area contributed by atoms with Crippen LogP contribution in [0.2, 0.25) is 0 Å². The van der Waals surface area contributed by atoms with Gasteiger partial charge in [0.1, 0.15) is 11.2 Å². The lowest BCUT2D eigenvalue weighted by Gasteiger charge is -2.08. The van der Waals surface area contributed by atoms with Crippen LogP contribution in [0.25, 0.3) is 5.65 Å². The van der Waals surface area contributed by atoms with Gasteiger partial charge in [-0.15, -0.1) is 0 Å². The van der Waals surface area contributed by atoms with Crippen LogP contribution in [0.4, 0.5) is 0 Å². The molecule has 0 atom stereocenters. The Kier molecular flexibility index (Phi) is 3.14. The van der Waals surface area contributed by atoms with Gasteiger partial charge >= 0.3 is 0 Å². The first-order chi connectivity index (χ1) is 8.49. The molecule has 2 aromatic heterocycles. The van der Waals surface area contributed by atoms with Crippen molar-refractivity contribution in [1.82, 2.24) is 14.7 Å². The summed E-state index contributed by atoms with van der Waals surface area (Å²) in [6.07, 6.45) is 3.00. The number of aryl methyl sites for hydroxylation is 1. The predicted molar refractivity (Wildman–Crippen MR) is 68.8 cm³/mol. The molecule has 0 spiro atoms. The van der Waals surface area contributed by atoms with Gasteiger partial charge in [0, 0.05) is 18.4 Å². The Morgan fingerprint density at radius 2 is 2.11 bits per heavy atom. The highest BCUT2D eigenvalue weighted by molar-refractivity contribution is 5.93. The van der Waals surface area contributed by atoms with Gasteiger partial charge in [0.2, 0.25) is 0 Å². The van der Waals surface area contributed by atoms with Crippen molar-refractivity contribution in [2.75, 3.05) is 0 Å². The smallest absolute Gasteiger partial charge is 0.270 e. The molecule has 0 fully saturated rings. The number of fused-ring (bicyclic) bond motifs is 1. The molecule has 5 nitrogen and oxygen atoms in total. The summed E-state index contributed by atoms with van der Waals surface area (Å²) in [7, 11) is 0. The minimum atomic E-state index is -0.390. The van der Waals surface area contributed by atoms with Crippen molar-refractivity contribution in [2.45, 2.75) is 26.8 Å². The third kappa shape index (κ3) is 2.25. The fourth-order valence-electron chi connectivity index (χ4n) is 1.68. The fraction of sp³-hybridized carbons (Fsp3) is 0.308. The highest BCUT2D eigenvalue weighted by atomic mass is 16.2. The lowest BCUT2D eigenvalue weighted by molar-refractivity contribution is 0.0941. The summed E-state index contributed by atoms with van der Waals surface area (Å²) in [5.74, 6) is -0.390. The summed E-state index contributed by atoms with van der Waals surface area (Å²) in [6.45, 7) is 5.56. The van der Waals surface area contributed by atoms with E-state index in [9.17, 15) is 9.59 Å². The van der Waals surface area contributed by atoms with Gasteiger partial charge in [-0.1, -0.05) is 6.07 Å². The lowest BCUT2D eigenvalue weighted by atomic mass is 10.2. The van der Waals surface area contributed by atoms with E-state index in [0.717, 1.165) is 5.56 Å². The number of hydrogen-bond donors (Lipinski definition) is 1. The average molecular weight is 245 g/mol. The zero-order chi connectivity index (χ0) is 13.3. The highest BCUT2D eigenvalue weighted by Crippen LogP contribution is 2.01. The normalized spacial score (nSPS) is 10.9. The van der Waals surface area contributed by atoms with E-state index < -0.39 is 5.91 Å². The minimum Gasteiger partial charge on any atom is -0.350 e. The maximum absolute atomic E-state index is 12.2. The van der Waals surface area contributed by atoms with E-state index in [1.54, 1.807) is 12.3 Å². The number of amides is 1. The maximum Gasteiger partial charge on any atom is 0.270 e. The molecular formula is C13H15N3O2. The predicted octanol–water partition coefficient (Wildman–Crippen LogP) is 1.14. The molecular weight excluding hydrogens is 230 g/mol. The van der Waals surface area contributed by atoms with Crippen LogP contribution in [0.1, 0.15) is 29.8 Å². The Morgan fingerprint density at radius 1 is 1.39 bits per heavy atom. The third-order valence-corrected chi connectivity index (χ3v) is 2.51. The molecule has 0 aliphatic heterocycles. The van der Waals surface area contributed by atoms with Crippen LogP contribution < -0.4 is 10.9 Å². The van der Waals surface area contributed by atoms with Crippen LogP contribution in [0.15, 0.2) is 29.3 Å². The first-order valence-electron chi connectivity index (χ1n) is 5.78. The van der Waals surface area contributed by atoms with E-state index in [-0.39, 0.29) is 17.2 Å². The molecule has 94 valence electrons. The van der Waals surface area contributed by atoms with E-state index in [4.69, 9.17) is 0 Å². The summed E-state index contributed by atoms with van der Waals surface area (Å²) in [6, 6.07) is 3.60. The molecule has 0 bridgehead atoms. The van der Waals surface area contributed by atoms with Crippen molar-refractivity contribution in [1.29, 1.82) is 0 Å². The molecule has 0 radical (unpaired) electrons. The number of hydrogen-bond acceptors (Lipinski definition) is 3. The monoisotopic (exact) mass is 245 g/mol. The van der Waals surface area contributed by atoms with Gasteiger partial charge in [-0.2, -0.15) is 0 Å². The zero-order valence-corrected chi connectivity index (χ0v) is 10.6. The number of rotatable bonds is 2. The van der Waals surface area contributed by atoms with E-state index in [1.165, 1.54) is 10.6 Å². The molecule has 5 heteroatoms. The van der Waals surface area contributed by atoms with Gasteiger partial charge in [-0.3, -0.25) is 14.0 Å². The molecule has 0 aromatic carbocycles. The largest absolute Gasteiger partial charge is 0.350 e. The summed E-state index contributed by atoms with van der Waals surface area (Å²) < 4.78 is 1.39. The second-order valence-electron chi connectivity index (χ2n) is 4.54. The van der Waals surface area contributed by atoms with Gasteiger partial charge in [0.15, 0.2) is 0 Å². The van der Waals surface area contributed by atoms with Crippen LogP contribution in [-0.2, 0) is 0 Å². The van der Waals surface area contributed by atoms with Gasteiger partial charge < -0.3 is 5.32 Å². The van der Waals surface area contributed by atoms with Gasteiger partial charge in [-0.25, -0.2) is 4.98 Å². The standard InChI is InChI=1S/C13H15N3O2/c1-8(2)15-12(17)10-6-14-11-5-4-9(3)7-16(11)13(10)18/h4-8H,1-3H3,(H,15,17). The van der Waals surface area contributed by atoms with Gasteiger partial charge in [-0.05, 0) is 32.4 Å². The molecule has 1 amide bonds. The number of carbonyl (C=O) groups is 1. The number of nitrogens with one attached hydrogen (secondary N) is 1. The van der Waals surface area contributed by atoms with Crippen molar-refractivity contribution in [3.63, 3.8) is 0 Å². The van der Waals surface area contributed by atoms with Crippen molar-refractivity contribution in [2.24, 2.45) is 0 Å². The van der Waals surface area contributed by atoms with Crippen LogP contribution in [-0.4, -0.2) is 21.3 Å². The Morgan fingerprint density at radius 3 is 2.78 bits per heavy atom. The SMILES string of the molecule is Cc1ccc2ncc(C(=O)NC(C)C)c(=O)n2c1. The number of nitrogens with zero attached hydrogens (tertiary/aromatic N) is 2. The number of aromatic nitrogens is 2. The zero-order valence-electron chi connectivity index (χ0n) is 10.6. The van der Waals surface area contributed by atoms with Crippen molar-refractivity contribution >= 4 is 11.6 Å². The molecule has 0 aliphatic carbocycles. The van der Waals surface area contributed by atoms with Crippen LogP contribution in [0.3, 0.4) is 0 Å². The van der Waals surface area contributed by atoms with Gasteiger partial charge in [0.25, 0.3) is 11.5 Å². The minimum absolute atomic E-state index is 0.0184. The van der Waals surface area contributed by atoms with Crippen LogP contribution >= 0.6 is 0 Å². The molecule has 2 heterocycles. The Labute approximate surface area is 104 Å². The van der Waals surface area contributed by atoms with Gasteiger partial charge in [0.05, 0.1) is 0 Å². The van der Waals surface area contributed by atoms with E-state index >= 15 is 0 Å². The second-order valence-corrected chi connectivity index (χ2v) is 4.54. The van der Waals surface area contributed by atoms with Crippen LogP contribution in [0, 0.1) is 6.92 Å². The lowest BCUT2D eigenvalue weighted by Crippen LogP contribution is -2.35. The number of carbonyl (C=O) groups excluding carboxylic acids is 1. The first-order valence-corrected chi connectivity index (χ1v) is 5.78. The molecule has 0 saturated carbocycles. The quantitative estimate of drug-likeness (QED) is 0.863. The average Bonchev–Trinajstić information content (AvgIpc) is 2.29. The molecule has 0 unspecified atom stereocenters. The van der Waals surface area contributed by atoms with E-state index in [1.807, 2.05) is 26.8 Å². The molecule has 1 N–H and O–H groups in total. The Bertz CT molecular complexity index is 659. The topological polar surface area (TPSA) is 63.5 Å². The molecule has 2 aromatic rings. The molecule has 0 aliphatic rings. The van der Waals surface area contributed by atoms with Crippen molar-refractivity contribution < 1.29 is 4.79 Å². The molecule has 0 saturated heterocycles. The first kappa shape index (κ1) is 12.3. The van der Waals surface area contributed by atoms with E-state index in [2.05, 4.69) is 10.3 Å². The Balaban J connectivity index is 2.57. The summed E-state index contributed by atoms with van der Waals surface area (Å²) in [4.78, 5) is 28.1. The number of pyridine rings is 1. The third-order valence-electron chi connectivity index (χ3n) is 2.51. The Hall–Kier alpha value is -2.17. The van der Waals surface area contributed by atoms with Crippen LogP contribution in [0.5, 0.6) is 0 Å².